The van der Waals surface area contributed by atoms with Crippen molar-refractivity contribution in [2.75, 3.05) is 23.4 Å². The predicted molar refractivity (Wildman–Crippen MR) is 137 cm³/mol. The van der Waals surface area contributed by atoms with Crippen molar-refractivity contribution in [1.29, 1.82) is 0 Å². The van der Waals surface area contributed by atoms with Crippen LogP contribution < -0.4 is 10.2 Å². The first-order chi connectivity index (χ1) is 18.4. The van der Waals surface area contributed by atoms with Crippen LogP contribution in [0.1, 0.15) is 46.9 Å². The highest BCUT2D eigenvalue weighted by atomic mass is 16.5. The van der Waals surface area contributed by atoms with Crippen molar-refractivity contribution in [3.05, 3.63) is 71.8 Å². The highest BCUT2D eigenvalue weighted by Gasteiger charge is 2.59. The van der Waals surface area contributed by atoms with Crippen molar-refractivity contribution in [3.8, 4) is 0 Å². The molecule has 2 aromatic rings. The van der Waals surface area contributed by atoms with E-state index in [-0.39, 0.29) is 41.0 Å². The number of amides is 3. The Morgan fingerprint density at radius 2 is 1.55 bits per heavy atom. The first kappa shape index (κ1) is 25.4. The Balaban J connectivity index is 1.15. The molecule has 2 aliphatic carbocycles. The lowest BCUT2D eigenvalue weighted by atomic mass is 9.85. The Morgan fingerprint density at radius 1 is 0.895 bits per heavy atom. The minimum Gasteiger partial charge on any atom is -0.462 e. The molecule has 1 saturated heterocycles. The molecule has 0 aromatic heterocycles. The van der Waals surface area contributed by atoms with E-state index in [1.54, 1.807) is 24.3 Å². The highest BCUT2D eigenvalue weighted by molar-refractivity contribution is 6.23. The van der Waals surface area contributed by atoms with Gasteiger partial charge in [0, 0.05) is 5.69 Å². The molecule has 0 spiro atoms. The Hall–Kier alpha value is -4.27. The molecular weight excluding hydrogens is 488 g/mol. The number of imide groups is 1. The number of benzene rings is 2. The molecule has 1 heterocycles. The van der Waals surface area contributed by atoms with Gasteiger partial charge in [-0.3, -0.25) is 14.4 Å². The van der Waals surface area contributed by atoms with Gasteiger partial charge in [0.15, 0.2) is 6.61 Å². The van der Waals surface area contributed by atoms with Gasteiger partial charge in [0.2, 0.25) is 11.8 Å². The minimum absolute atomic E-state index is 0.0916. The molecule has 1 saturated carbocycles. The second-order valence-electron chi connectivity index (χ2n) is 9.75. The normalized spacial score (nSPS) is 22.9. The van der Waals surface area contributed by atoms with E-state index < -0.39 is 24.5 Å². The van der Waals surface area contributed by atoms with Crippen LogP contribution >= 0.6 is 0 Å². The number of fused-ring (bicyclic) bond motifs is 5. The third kappa shape index (κ3) is 4.83. The lowest BCUT2D eigenvalue weighted by Crippen LogP contribution is -2.33. The summed E-state index contributed by atoms with van der Waals surface area (Å²) in [6.45, 7) is 1.82. The van der Waals surface area contributed by atoms with Gasteiger partial charge in [-0.1, -0.05) is 31.6 Å². The maximum atomic E-state index is 13.1. The Labute approximate surface area is 219 Å². The smallest absolute Gasteiger partial charge is 0.338 e. The van der Waals surface area contributed by atoms with Gasteiger partial charge >= 0.3 is 11.9 Å². The zero-order valence-corrected chi connectivity index (χ0v) is 20.9. The second-order valence-corrected chi connectivity index (χ2v) is 9.75. The number of nitrogens with zero attached hydrogens (tertiary/aromatic N) is 1. The number of rotatable bonds is 9. The number of hydrogen-bond acceptors (Lipinski definition) is 7. The van der Waals surface area contributed by atoms with Crippen molar-refractivity contribution in [3.63, 3.8) is 0 Å². The van der Waals surface area contributed by atoms with Gasteiger partial charge in [0.05, 0.1) is 35.3 Å². The summed E-state index contributed by atoms with van der Waals surface area (Å²) in [5.41, 5.74) is 1.24. The summed E-state index contributed by atoms with van der Waals surface area (Å²) in [6.07, 6.45) is 6.60. The van der Waals surface area contributed by atoms with E-state index in [4.69, 9.17) is 9.47 Å². The number of nitrogens with one attached hydrogen (secondary N) is 1. The average molecular weight is 517 g/mol. The summed E-state index contributed by atoms with van der Waals surface area (Å²) in [7, 11) is 0. The molecule has 0 radical (unpaired) electrons. The van der Waals surface area contributed by atoms with Gasteiger partial charge in [-0.25, -0.2) is 14.5 Å². The van der Waals surface area contributed by atoms with E-state index in [9.17, 15) is 24.0 Å². The molecule has 5 rings (SSSR count). The van der Waals surface area contributed by atoms with Gasteiger partial charge in [0.1, 0.15) is 0 Å². The third-order valence-electron chi connectivity index (χ3n) is 7.28. The fraction of sp³-hybridized carbons (Fsp3) is 0.345. The Morgan fingerprint density at radius 3 is 2.21 bits per heavy atom. The van der Waals surface area contributed by atoms with E-state index in [1.807, 2.05) is 19.1 Å². The molecule has 9 nitrogen and oxygen atoms in total. The van der Waals surface area contributed by atoms with Gasteiger partial charge in [-0.15, -0.1) is 0 Å². The maximum Gasteiger partial charge on any atom is 0.338 e. The number of allylic oxidation sites excluding steroid dienone is 2. The standard InChI is InChI=1S/C29H28N2O7/c1-2-3-13-37-28(35)17-9-11-21(12-10-17)30-23(32)16-38-29(36)20-5-4-6-22(15-20)31-26(33)24-18-7-8-19(14-18)25(24)27(31)34/h4-12,15,18-19,24-25H,2-3,13-14,16H2,1H3,(H,30,32)/t18-,19-,24+,25+/m0/s1. The SMILES string of the molecule is CCCCOC(=O)c1ccc(NC(=O)COC(=O)c2cccc(N3C(=O)[C@H]4[C@H](C3=O)[C@H]3C=C[C@H]4C3)c2)cc1. The van der Waals surface area contributed by atoms with Crippen LogP contribution in [0.3, 0.4) is 0 Å². The summed E-state index contributed by atoms with van der Waals surface area (Å²) in [5, 5.41) is 2.60. The van der Waals surface area contributed by atoms with Crippen molar-refractivity contribution in [2.24, 2.45) is 23.7 Å². The van der Waals surface area contributed by atoms with Crippen LogP contribution in [0, 0.1) is 23.7 Å². The van der Waals surface area contributed by atoms with Crippen LogP contribution in [0.15, 0.2) is 60.7 Å². The Bertz CT molecular complexity index is 1290. The van der Waals surface area contributed by atoms with Crippen molar-refractivity contribution < 1.29 is 33.4 Å². The molecule has 38 heavy (non-hydrogen) atoms. The number of esters is 2. The number of hydrogen-bond donors (Lipinski definition) is 1. The van der Waals surface area contributed by atoms with E-state index in [0.717, 1.165) is 19.3 Å². The number of anilines is 2. The van der Waals surface area contributed by atoms with Gasteiger partial charge in [-0.05, 0) is 67.1 Å². The number of carbonyl (C=O) groups is 5. The number of carbonyl (C=O) groups excluding carboxylic acids is 5. The topological polar surface area (TPSA) is 119 Å². The van der Waals surface area contributed by atoms with Crippen LogP contribution in [0.4, 0.5) is 11.4 Å². The summed E-state index contributed by atoms with van der Waals surface area (Å²) in [4.78, 5) is 64.2. The average Bonchev–Trinajstić information content (AvgIpc) is 3.61. The molecule has 2 bridgehead atoms. The molecule has 9 heteroatoms. The van der Waals surface area contributed by atoms with Crippen LogP contribution in [0.5, 0.6) is 0 Å². The zero-order valence-electron chi connectivity index (χ0n) is 20.9. The van der Waals surface area contributed by atoms with Gasteiger partial charge < -0.3 is 14.8 Å². The van der Waals surface area contributed by atoms with Gasteiger partial charge in [0.25, 0.3) is 5.91 Å². The van der Waals surface area contributed by atoms with E-state index >= 15 is 0 Å². The molecule has 1 N–H and O–H groups in total. The van der Waals surface area contributed by atoms with Crippen LogP contribution in [0.25, 0.3) is 0 Å². The van der Waals surface area contributed by atoms with Gasteiger partial charge in [-0.2, -0.15) is 0 Å². The van der Waals surface area contributed by atoms with E-state index in [1.165, 1.54) is 29.2 Å². The van der Waals surface area contributed by atoms with Crippen molar-refractivity contribution in [2.45, 2.75) is 26.2 Å². The van der Waals surface area contributed by atoms with Crippen LogP contribution in [0.2, 0.25) is 0 Å². The highest BCUT2D eigenvalue weighted by Crippen LogP contribution is 2.53. The fourth-order valence-electron chi connectivity index (χ4n) is 5.42. The molecule has 3 aliphatic rings. The number of unbranched alkanes of at least 4 members (excludes halogenated alkanes) is 1. The zero-order chi connectivity index (χ0) is 26.8. The molecule has 3 amide bonds. The summed E-state index contributed by atoms with van der Waals surface area (Å²) >= 11 is 0. The number of ether oxygens (including phenoxy) is 2. The summed E-state index contributed by atoms with van der Waals surface area (Å²) in [5.74, 6) is -2.71. The Kier molecular flexibility index (Phi) is 7.09. The molecule has 196 valence electrons. The maximum absolute atomic E-state index is 13.1. The molecular formula is C29H28N2O7. The largest absolute Gasteiger partial charge is 0.462 e. The molecule has 4 atom stereocenters. The van der Waals surface area contributed by atoms with E-state index in [0.29, 0.717) is 23.5 Å². The molecule has 0 unspecified atom stereocenters. The third-order valence-corrected chi connectivity index (χ3v) is 7.28. The monoisotopic (exact) mass is 516 g/mol. The minimum atomic E-state index is -0.756. The predicted octanol–water partition coefficient (Wildman–Crippen LogP) is 3.75. The van der Waals surface area contributed by atoms with Crippen molar-refractivity contribution >= 4 is 41.0 Å². The fourth-order valence-corrected chi connectivity index (χ4v) is 5.42. The summed E-state index contributed by atoms with van der Waals surface area (Å²) < 4.78 is 10.3. The molecule has 1 aliphatic heterocycles. The lowest BCUT2D eigenvalue weighted by Gasteiger charge is -2.18. The van der Waals surface area contributed by atoms with Crippen LogP contribution in [-0.4, -0.2) is 42.9 Å². The molecule has 2 fully saturated rings. The first-order valence-corrected chi connectivity index (χ1v) is 12.8. The lowest BCUT2D eigenvalue weighted by molar-refractivity contribution is -0.123. The summed E-state index contributed by atoms with van der Waals surface area (Å²) in [6, 6.07) is 12.3. The molecule has 2 aromatic carbocycles. The quantitative estimate of drug-likeness (QED) is 0.233. The van der Waals surface area contributed by atoms with E-state index in [2.05, 4.69) is 5.32 Å². The van der Waals surface area contributed by atoms with Crippen LogP contribution in [-0.2, 0) is 23.9 Å². The second kappa shape index (κ2) is 10.6. The first-order valence-electron chi connectivity index (χ1n) is 12.8. The van der Waals surface area contributed by atoms with Crippen molar-refractivity contribution in [1.82, 2.24) is 0 Å².